The maximum Gasteiger partial charge on any atom is 0.0626 e. The van der Waals surface area contributed by atoms with Gasteiger partial charge in [0.25, 0.3) is 0 Å². The molecule has 1 N–H and O–H groups in total. The van der Waals surface area contributed by atoms with Crippen molar-refractivity contribution in [1.82, 2.24) is 0 Å². The fourth-order valence-corrected chi connectivity index (χ4v) is 9.06. The molecule has 1 aliphatic heterocycles. The molecule has 0 spiro atoms. The van der Waals surface area contributed by atoms with Gasteiger partial charge in [0.05, 0.1) is 6.04 Å². The van der Waals surface area contributed by atoms with Crippen molar-refractivity contribution < 1.29 is 0 Å². The minimum atomic E-state index is 0.272. The van der Waals surface area contributed by atoms with Gasteiger partial charge in [0, 0.05) is 29.2 Å². The number of rotatable bonds is 11. The Balaban J connectivity index is 0.920. The number of benzene rings is 6. The zero-order valence-electron chi connectivity index (χ0n) is 35.4. The highest BCUT2D eigenvalue weighted by Crippen LogP contribution is 2.46. The van der Waals surface area contributed by atoms with Crippen molar-refractivity contribution in [1.29, 1.82) is 0 Å². The van der Waals surface area contributed by atoms with Crippen LogP contribution in [0.5, 0.6) is 0 Å². The normalized spacial score (nSPS) is 17.2. The SMILES string of the molecule is C=C(C)c1ccccc1C(/C=C\c1ccc(C)c(-c2ccccc2C)c1)=C/C=C/Nc1ccc(C2=CC3C4=C(CCC=C4)N(c4ccc(-c5ccccc5)cc4)C3C=C2)cc1. The van der Waals surface area contributed by atoms with Crippen molar-refractivity contribution in [3.8, 4) is 22.3 Å². The topological polar surface area (TPSA) is 15.3 Å². The van der Waals surface area contributed by atoms with Gasteiger partial charge in [-0.3, -0.25) is 0 Å². The molecule has 2 nitrogen and oxygen atoms in total. The lowest BCUT2D eigenvalue weighted by Gasteiger charge is -2.32. The molecule has 2 unspecified atom stereocenters. The third kappa shape index (κ3) is 8.36. The Labute approximate surface area is 362 Å². The number of anilines is 2. The first kappa shape index (κ1) is 39.3. The van der Waals surface area contributed by atoms with E-state index in [-0.39, 0.29) is 6.04 Å². The summed E-state index contributed by atoms with van der Waals surface area (Å²) in [6, 6.07) is 52.7. The fourth-order valence-electron chi connectivity index (χ4n) is 9.06. The van der Waals surface area contributed by atoms with Crippen LogP contribution in [0.4, 0.5) is 11.4 Å². The number of fused-ring (bicyclic) bond motifs is 2. The summed E-state index contributed by atoms with van der Waals surface area (Å²) in [5.41, 5.74) is 20.9. The Morgan fingerprint density at radius 1 is 0.705 bits per heavy atom. The maximum atomic E-state index is 4.29. The molecule has 2 heteroatoms. The minimum absolute atomic E-state index is 0.272. The van der Waals surface area contributed by atoms with Crippen molar-refractivity contribution >= 4 is 34.2 Å². The van der Waals surface area contributed by atoms with E-state index in [2.05, 4.69) is 238 Å². The van der Waals surface area contributed by atoms with Gasteiger partial charge in [0.2, 0.25) is 0 Å². The van der Waals surface area contributed by atoms with Gasteiger partial charge in [-0.25, -0.2) is 0 Å². The summed E-state index contributed by atoms with van der Waals surface area (Å²) in [5, 5.41) is 3.51. The molecule has 6 aromatic rings. The number of allylic oxidation sites excluding steroid dienone is 10. The Bertz CT molecular complexity index is 2800. The number of nitrogens with one attached hydrogen (secondary N) is 1. The predicted octanol–water partition coefficient (Wildman–Crippen LogP) is 15.5. The molecule has 0 bridgehead atoms. The summed E-state index contributed by atoms with van der Waals surface area (Å²) < 4.78 is 0. The van der Waals surface area contributed by atoms with Crippen molar-refractivity contribution in [3.63, 3.8) is 0 Å². The zero-order chi connectivity index (χ0) is 41.7. The molecule has 0 saturated heterocycles. The minimum Gasteiger partial charge on any atom is -0.362 e. The van der Waals surface area contributed by atoms with Crippen molar-refractivity contribution in [3.05, 3.63) is 252 Å². The van der Waals surface area contributed by atoms with E-state index in [1.807, 2.05) is 6.20 Å². The number of nitrogens with zero attached hydrogens (tertiary/aromatic N) is 1. The molecule has 0 amide bonds. The predicted molar refractivity (Wildman–Crippen MR) is 263 cm³/mol. The van der Waals surface area contributed by atoms with Crippen LogP contribution in [-0.2, 0) is 0 Å². The van der Waals surface area contributed by atoms with Crippen LogP contribution < -0.4 is 10.2 Å². The van der Waals surface area contributed by atoms with Gasteiger partial charge in [-0.05, 0) is 142 Å². The first-order chi connectivity index (χ1) is 29.9. The first-order valence-corrected chi connectivity index (χ1v) is 21.5. The van der Waals surface area contributed by atoms with Gasteiger partial charge in [0.1, 0.15) is 0 Å². The quantitative estimate of drug-likeness (QED) is 0.132. The van der Waals surface area contributed by atoms with Gasteiger partial charge in [-0.2, -0.15) is 0 Å². The molecular formula is C59H52N2. The highest BCUT2D eigenvalue weighted by Gasteiger charge is 2.39. The Morgan fingerprint density at radius 2 is 1.41 bits per heavy atom. The largest absolute Gasteiger partial charge is 0.362 e. The van der Waals surface area contributed by atoms with E-state index in [0.717, 1.165) is 46.4 Å². The van der Waals surface area contributed by atoms with E-state index >= 15 is 0 Å². The van der Waals surface area contributed by atoms with Crippen LogP contribution in [0.1, 0.15) is 53.1 Å². The average molecular weight is 789 g/mol. The van der Waals surface area contributed by atoms with Crippen LogP contribution >= 0.6 is 0 Å². The first-order valence-electron chi connectivity index (χ1n) is 21.5. The molecule has 61 heavy (non-hydrogen) atoms. The van der Waals surface area contributed by atoms with Crippen molar-refractivity contribution in [2.24, 2.45) is 5.92 Å². The van der Waals surface area contributed by atoms with Crippen molar-refractivity contribution in [2.75, 3.05) is 10.2 Å². The lowest BCUT2D eigenvalue weighted by atomic mass is 9.84. The van der Waals surface area contributed by atoms with Gasteiger partial charge in [0.15, 0.2) is 0 Å². The van der Waals surface area contributed by atoms with E-state index < -0.39 is 0 Å². The summed E-state index contributed by atoms with van der Waals surface area (Å²) in [4.78, 5) is 2.58. The van der Waals surface area contributed by atoms with E-state index in [0.29, 0.717) is 5.92 Å². The number of aryl methyl sites for hydroxylation is 2. The van der Waals surface area contributed by atoms with Crippen molar-refractivity contribution in [2.45, 2.75) is 39.7 Å². The van der Waals surface area contributed by atoms with Gasteiger partial charge in [-0.1, -0.05) is 176 Å². The van der Waals surface area contributed by atoms with Crippen LogP contribution in [0.3, 0.4) is 0 Å². The van der Waals surface area contributed by atoms with Crippen LogP contribution in [-0.4, -0.2) is 6.04 Å². The molecule has 298 valence electrons. The maximum absolute atomic E-state index is 4.29. The van der Waals surface area contributed by atoms with Gasteiger partial charge in [-0.15, -0.1) is 0 Å². The van der Waals surface area contributed by atoms with Crippen LogP contribution in [0.2, 0.25) is 0 Å². The summed E-state index contributed by atoms with van der Waals surface area (Å²) in [7, 11) is 0. The fraction of sp³-hybridized carbons (Fsp3) is 0.119. The molecule has 6 aromatic carbocycles. The highest BCUT2D eigenvalue weighted by molar-refractivity contribution is 5.87. The van der Waals surface area contributed by atoms with E-state index in [1.165, 1.54) is 61.5 Å². The zero-order valence-corrected chi connectivity index (χ0v) is 35.4. The molecule has 3 aliphatic rings. The average Bonchev–Trinajstić information content (AvgIpc) is 3.63. The number of hydrogen-bond acceptors (Lipinski definition) is 2. The molecule has 0 saturated carbocycles. The Hall–Kier alpha value is -7.16. The monoisotopic (exact) mass is 788 g/mol. The Morgan fingerprint density at radius 3 is 2.20 bits per heavy atom. The second-order valence-corrected chi connectivity index (χ2v) is 16.4. The summed E-state index contributed by atoms with van der Waals surface area (Å²) >= 11 is 0. The molecule has 0 radical (unpaired) electrons. The second kappa shape index (κ2) is 17.6. The molecule has 0 fully saturated rings. The van der Waals surface area contributed by atoms with E-state index in [4.69, 9.17) is 0 Å². The third-order valence-corrected chi connectivity index (χ3v) is 12.3. The second-order valence-electron chi connectivity index (χ2n) is 16.4. The van der Waals surface area contributed by atoms with E-state index in [1.54, 1.807) is 0 Å². The van der Waals surface area contributed by atoms with Crippen LogP contribution in [0.15, 0.2) is 218 Å². The summed E-state index contributed by atoms with van der Waals surface area (Å²) in [5.74, 6) is 0.312. The summed E-state index contributed by atoms with van der Waals surface area (Å²) in [6.45, 7) is 10.7. The smallest absolute Gasteiger partial charge is 0.0626 e. The highest BCUT2D eigenvalue weighted by atomic mass is 15.2. The molecule has 0 aromatic heterocycles. The lowest BCUT2D eigenvalue weighted by Crippen LogP contribution is -2.33. The van der Waals surface area contributed by atoms with E-state index in [9.17, 15) is 0 Å². The van der Waals surface area contributed by atoms with Crippen LogP contribution in [0.25, 0.3) is 45.0 Å². The van der Waals surface area contributed by atoms with Gasteiger partial charge >= 0.3 is 0 Å². The molecule has 9 rings (SSSR count). The molecule has 1 heterocycles. The number of hydrogen-bond donors (Lipinski definition) is 1. The van der Waals surface area contributed by atoms with Gasteiger partial charge < -0.3 is 10.2 Å². The Kier molecular flexibility index (Phi) is 11.3. The summed E-state index contributed by atoms with van der Waals surface area (Å²) in [6.07, 6.45) is 24.8. The molecule has 2 aliphatic carbocycles. The van der Waals surface area contributed by atoms with Crippen LogP contribution in [0, 0.1) is 19.8 Å². The lowest BCUT2D eigenvalue weighted by molar-refractivity contribution is 0.683. The molecular weight excluding hydrogens is 737 g/mol. The third-order valence-electron chi connectivity index (χ3n) is 12.3. The standard InChI is InChI=1S/C59H52N2/c1-41(2)52-19-10-11-21-54(52)48(27-26-44-25-24-43(4)56(39-44)53-20-9-8-15-42(53)3)18-14-38-60-50-33-28-47(29-34-50)49-32-37-59-57(40-49)55-22-12-13-23-58(55)61(59)51-35-30-46(31-36-51)45-16-6-5-7-17-45/h5-12,14-22,24-40,57,59-60H,1,13,23H2,2-4H3/b27-26-,38-14+,48-18+. The molecule has 2 atom stereocenters.